The molecule has 0 aromatic rings. The van der Waals surface area contributed by atoms with Gasteiger partial charge in [-0.05, 0) is 20.8 Å². The van der Waals surface area contributed by atoms with Crippen molar-refractivity contribution in [1.82, 2.24) is 0 Å². The van der Waals surface area contributed by atoms with Crippen LogP contribution in [0.15, 0.2) is 11.6 Å². The van der Waals surface area contributed by atoms with Crippen LogP contribution in [0.25, 0.3) is 0 Å². The Balaban J connectivity index is -0.000000105. The molecule has 0 aliphatic carbocycles. The molecule has 2 nitrogen and oxygen atoms in total. The van der Waals surface area contributed by atoms with Gasteiger partial charge in [0.2, 0.25) is 0 Å². The molecule has 0 amide bonds. The second-order valence-corrected chi connectivity index (χ2v) is 4.49. The van der Waals surface area contributed by atoms with Gasteiger partial charge >= 0.3 is 0 Å². The minimum Gasteiger partial charge on any atom is -0.400 e. The van der Waals surface area contributed by atoms with E-state index in [0.29, 0.717) is 0 Å². The fourth-order valence-corrected chi connectivity index (χ4v) is 1.21. The summed E-state index contributed by atoms with van der Waals surface area (Å²) in [7, 11) is 2.00. The SMILES string of the molecule is CC=C(C)C.CCCCCCCCCC.CO.CO. The van der Waals surface area contributed by atoms with E-state index in [0.717, 1.165) is 14.2 Å². The maximum atomic E-state index is 7.00. The van der Waals surface area contributed by atoms with E-state index < -0.39 is 0 Å². The average molecular weight is 277 g/mol. The molecular formula is C17H40O2. The monoisotopic (exact) mass is 276 g/mol. The molecule has 2 heteroatoms. The number of hydrogen-bond donors (Lipinski definition) is 2. The van der Waals surface area contributed by atoms with E-state index in [1.165, 1.54) is 56.9 Å². The normalized spacial score (nSPS) is 7.84. The van der Waals surface area contributed by atoms with Crippen LogP contribution in [0.3, 0.4) is 0 Å². The highest BCUT2D eigenvalue weighted by molar-refractivity contribution is 4.88. The van der Waals surface area contributed by atoms with E-state index in [-0.39, 0.29) is 0 Å². The quantitative estimate of drug-likeness (QED) is 0.487. The number of allylic oxidation sites excluding steroid dienone is 2. The third-order valence-electron chi connectivity index (χ3n) is 2.53. The van der Waals surface area contributed by atoms with Gasteiger partial charge in [0.05, 0.1) is 0 Å². The third-order valence-corrected chi connectivity index (χ3v) is 2.53. The van der Waals surface area contributed by atoms with Gasteiger partial charge in [0.1, 0.15) is 0 Å². The Morgan fingerprint density at radius 2 is 0.895 bits per heavy atom. The zero-order valence-electron chi connectivity index (χ0n) is 14.6. The predicted octanol–water partition coefficient (Wildman–Crippen LogP) is 5.34. The van der Waals surface area contributed by atoms with Crippen LogP contribution in [-0.2, 0) is 0 Å². The average Bonchev–Trinajstić information content (AvgIpc) is 2.47. The van der Waals surface area contributed by atoms with Crippen molar-refractivity contribution in [2.24, 2.45) is 0 Å². The highest BCUT2D eigenvalue weighted by atomic mass is 16.2. The lowest BCUT2D eigenvalue weighted by atomic mass is 10.1. The van der Waals surface area contributed by atoms with Crippen molar-refractivity contribution in [2.75, 3.05) is 14.2 Å². The Morgan fingerprint density at radius 3 is 1.05 bits per heavy atom. The summed E-state index contributed by atoms with van der Waals surface area (Å²) in [6, 6.07) is 0. The molecule has 0 spiro atoms. The van der Waals surface area contributed by atoms with Crippen molar-refractivity contribution in [2.45, 2.75) is 86.0 Å². The predicted molar refractivity (Wildman–Crippen MR) is 89.7 cm³/mol. The Kier molecular flexibility index (Phi) is 51.4. The molecule has 0 heterocycles. The zero-order chi connectivity index (χ0) is 15.9. The smallest absolute Gasteiger partial charge is 0.0319 e. The summed E-state index contributed by atoms with van der Waals surface area (Å²) in [5, 5.41) is 14.0. The molecule has 2 N–H and O–H groups in total. The van der Waals surface area contributed by atoms with Gasteiger partial charge in [-0.2, -0.15) is 0 Å². The summed E-state index contributed by atoms with van der Waals surface area (Å²) in [4.78, 5) is 0. The molecule has 0 bridgehead atoms. The largest absolute Gasteiger partial charge is 0.400 e. The minimum absolute atomic E-state index is 1.00. The molecule has 19 heavy (non-hydrogen) atoms. The Hall–Kier alpha value is -0.340. The number of aliphatic hydroxyl groups excluding tert-OH is 2. The van der Waals surface area contributed by atoms with Crippen LogP contribution in [0.4, 0.5) is 0 Å². The molecule has 0 unspecified atom stereocenters. The van der Waals surface area contributed by atoms with E-state index in [4.69, 9.17) is 10.2 Å². The molecule has 120 valence electrons. The van der Waals surface area contributed by atoms with E-state index in [2.05, 4.69) is 33.8 Å². The first-order valence-corrected chi connectivity index (χ1v) is 7.67. The molecule has 0 aliphatic heterocycles. The van der Waals surface area contributed by atoms with Crippen molar-refractivity contribution in [3.63, 3.8) is 0 Å². The number of unbranched alkanes of at least 4 members (excludes halogenated alkanes) is 7. The lowest BCUT2D eigenvalue weighted by Crippen LogP contribution is -1.77. The minimum atomic E-state index is 1.00. The van der Waals surface area contributed by atoms with Crippen molar-refractivity contribution in [3.05, 3.63) is 11.6 Å². The number of aliphatic hydroxyl groups is 2. The lowest BCUT2D eigenvalue weighted by molar-refractivity contribution is 0.399. The van der Waals surface area contributed by atoms with Gasteiger partial charge in [-0.25, -0.2) is 0 Å². The molecule has 0 aromatic heterocycles. The Morgan fingerprint density at radius 1 is 0.684 bits per heavy atom. The first kappa shape index (κ1) is 27.1. The van der Waals surface area contributed by atoms with Gasteiger partial charge in [-0.1, -0.05) is 76.9 Å². The second-order valence-electron chi connectivity index (χ2n) is 4.49. The van der Waals surface area contributed by atoms with Crippen LogP contribution >= 0.6 is 0 Å². The fourth-order valence-electron chi connectivity index (χ4n) is 1.21. The van der Waals surface area contributed by atoms with Crippen molar-refractivity contribution < 1.29 is 10.2 Å². The van der Waals surface area contributed by atoms with Crippen LogP contribution in [-0.4, -0.2) is 24.4 Å². The standard InChI is InChI=1S/C10H22.C5H10.2CH4O/c1-3-5-7-9-10-8-6-4-2;1-4-5(2)3;2*1-2/h3-10H2,1-2H3;4H,1-3H3;2*2H,1H3. The van der Waals surface area contributed by atoms with Crippen LogP contribution in [0.5, 0.6) is 0 Å². The maximum Gasteiger partial charge on any atom is 0.0319 e. The first-order valence-electron chi connectivity index (χ1n) is 7.67. The Bertz CT molecular complexity index is 119. The molecule has 0 atom stereocenters. The van der Waals surface area contributed by atoms with Gasteiger partial charge in [-0.15, -0.1) is 0 Å². The summed E-state index contributed by atoms with van der Waals surface area (Å²) in [6.07, 6.45) is 13.5. The summed E-state index contributed by atoms with van der Waals surface area (Å²) in [5.74, 6) is 0. The van der Waals surface area contributed by atoms with Gasteiger partial charge in [0.15, 0.2) is 0 Å². The molecule has 0 radical (unpaired) electrons. The summed E-state index contributed by atoms with van der Waals surface area (Å²) >= 11 is 0. The van der Waals surface area contributed by atoms with Crippen LogP contribution in [0.2, 0.25) is 0 Å². The highest BCUT2D eigenvalue weighted by Crippen LogP contribution is 2.07. The molecule has 0 rings (SSSR count). The number of hydrogen-bond acceptors (Lipinski definition) is 2. The zero-order valence-corrected chi connectivity index (χ0v) is 14.6. The molecule has 0 aromatic carbocycles. The van der Waals surface area contributed by atoms with E-state index in [1.54, 1.807) is 0 Å². The summed E-state index contributed by atoms with van der Waals surface area (Å²) in [5.41, 5.74) is 1.38. The molecule has 0 fully saturated rings. The molecule has 0 saturated heterocycles. The first-order chi connectivity index (χ1) is 9.18. The van der Waals surface area contributed by atoms with Crippen molar-refractivity contribution in [3.8, 4) is 0 Å². The number of rotatable bonds is 7. The van der Waals surface area contributed by atoms with Crippen molar-refractivity contribution in [1.29, 1.82) is 0 Å². The summed E-state index contributed by atoms with van der Waals surface area (Å²) in [6.45, 7) is 10.7. The highest BCUT2D eigenvalue weighted by Gasteiger charge is 1.87. The van der Waals surface area contributed by atoms with Gasteiger partial charge in [0, 0.05) is 14.2 Å². The summed E-state index contributed by atoms with van der Waals surface area (Å²) < 4.78 is 0. The van der Waals surface area contributed by atoms with Crippen LogP contribution in [0, 0.1) is 0 Å². The van der Waals surface area contributed by atoms with Crippen LogP contribution < -0.4 is 0 Å². The molecule has 0 saturated carbocycles. The maximum absolute atomic E-state index is 7.00. The molecule has 0 aliphatic rings. The third kappa shape index (κ3) is 57.7. The molecular weight excluding hydrogens is 236 g/mol. The lowest BCUT2D eigenvalue weighted by Gasteiger charge is -1.97. The van der Waals surface area contributed by atoms with Gasteiger partial charge in [0.25, 0.3) is 0 Å². The topological polar surface area (TPSA) is 40.5 Å². The van der Waals surface area contributed by atoms with Gasteiger partial charge < -0.3 is 10.2 Å². The van der Waals surface area contributed by atoms with E-state index in [9.17, 15) is 0 Å². The second kappa shape index (κ2) is 36.1. The van der Waals surface area contributed by atoms with E-state index in [1.807, 2.05) is 6.92 Å². The van der Waals surface area contributed by atoms with Crippen molar-refractivity contribution >= 4 is 0 Å². The van der Waals surface area contributed by atoms with Crippen LogP contribution in [0.1, 0.15) is 86.0 Å². The van der Waals surface area contributed by atoms with Gasteiger partial charge in [-0.3, -0.25) is 0 Å². The van der Waals surface area contributed by atoms with E-state index >= 15 is 0 Å². The fraction of sp³-hybridized carbons (Fsp3) is 0.882. The Labute approximate surface area is 122 Å².